The van der Waals surface area contributed by atoms with E-state index in [4.69, 9.17) is 0 Å². The van der Waals surface area contributed by atoms with Gasteiger partial charge in [0.15, 0.2) is 5.17 Å². The predicted molar refractivity (Wildman–Crippen MR) is 89.0 cm³/mol. The van der Waals surface area contributed by atoms with Gasteiger partial charge in [0.05, 0.1) is 24.2 Å². The van der Waals surface area contributed by atoms with Crippen LogP contribution in [0.25, 0.3) is 0 Å². The average Bonchev–Trinajstić information content (AvgIpc) is 3.05. The van der Waals surface area contributed by atoms with Crippen molar-refractivity contribution in [3.8, 4) is 0 Å². The number of anilines is 1. The van der Waals surface area contributed by atoms with Gasteiger partial charge < -0.3 is 15.3 Å². The van der Waals surface area contributed by atoms with Crippen LogP contribution >= 0.6 is 27.7 Å². The number of aromatic carboxylic acids is 1. The lowest BCUT2D eigenvalue weighted by molar-refractivity contribution is -0.115. The van der Waals surface area contributed by atoms with Gasteiger partial charge in [-0.2, -0.15) is 0 Å². The third-order valence-electron chi connectivity index (χ3n) is 3.28. The van der Waals surface area contributed by atoms with Gasteiger partial charge in [-0.1, -0.05) is 27.7 Å². The van der Waals surface area contributed by atoms with Crippen LogP contribution in [0, 0.1) is 0 Å². The fraction of sp³-hybridized carbons (Fsp3) is 0.214. The molecular formula is C14H12BrN3O3S. The Balaban J connectivity index is 1.70. The van der Waals surface area contributed by atoms with Crippen LogP contribution in [0.1, 0.15) is 16.8 Å². The zero-order valence-corrected chi connectivity index (χ0v) is 13.8. The van der Waals surface area contributed by atoms with Crippen molar-refractivity contribution in [3.63, 3.8) is 0 Å². The van der Waals surface area contributed by atoms with Gasteiger partial charge in [0.1, 0.15) is 0 Å². The molecule has 114 valence electrons. The van der Waals surface area contributed by atoms with Crippen molar-refractivity contribution in [2.45, 2.75) is 6.42 Å². The number of fused-ring (bicyclic) bond motifs is 1. The van der Waals surface area contributed by atoms with Gasteiger partial charge in [-0.15, -0.1) is 0 Å². The Kier molecular flexibility index (Phi) is 4.21. The molecule has 0 fully saturated rings. The van der Waals surface area contributed by atoms with E-state index in [-0.39, 0.29) is 17.9 Å². The number of nitrogens with zero attached hydrogens (tertiary/aromatic N) is 2. The molecule has 0 bridgehead atoms. The molecule has 0 atom stereocenters. The summed E-state index contributed by atoms with van der Waals surface area (Å²) in [6.07, 6.45) is 0.196. The van der Waals surface area contributed by atoms with Crippen LogP contribution in [0.4, 0.5) is 5.69 Å². The van der Waals surface area contributed by atoms with E-state index in [0.717, 1.165) is 24.0 Å². The zero-order chi connectivity index (χ0) is 15.7. The Labute approximate surface area is 139 Å². The Bertz CT molecular complexity index is 717. The summed E-state index contributed by atoms with van der Waals surface area (Å²) in [5, 5.41) is 14.7. The highest BCUT2D eigenvalue weighted by Gasteiger charge is 2.27. The summed E-state index contributed by atoms with van der Waals surface area (Å²) in [5.41, 5.74) is 1.25. The van der Waals surface area contributed by atoms with Crippen molar-refractivity contribution in [2.75, 3.05) is 18.4 Å². The van der Waals surface area contributed by atoms with Gasteiger partial charge in [0, 0.05) is 16.7 Å². The highest BCUT2D eigenvalue weighted by atomic mass is 79.9. The number of hydrogen-bond acceptors (Lipinski definition) is 5. The third kappa shape index (κ3) is 3.02. The maximum atomic E-state index is 12.2. The van der Waals surface area contributed by atoms with Gasteiger partial charge in [-0.25, -0.2) is 4.79 Å². The second-order valence-electron chi connectivity index (χ2n) is 4.76. The molecule has 2 N–H and O–H groups in total. The van der Waals surface area contributed by atoms with Crippen LogP contribution in [0.15, 0.2) is 38.8 Å². The minimum atomic E-state index is -1.08. The summed E-state index contributed by atoms with van der Waals surface area (Å²) < 4.78 is 0.649. The van der Waals surface area contributed by atoms with Gasteiger partial charge in [0.25, 0.3) is 0 Å². The monoisotopic (exact) mass is 381 g/mol. The molecule has 2 aliphatic rings. The normalized spacial score (nSPS) is 16.1. The van der Waals surface area contributed by atoms with Crippen LogP contribution in [-0.4, -0.2) is 40.1 Å². The zero-order valence-electron chi connectivity index (χ0n) is 11.4. The number of carboxylic acids is 1. The Morgan fingerprint density at radius 3 is 3.05 bits per heavy atom. The number of carboxylic acid groups (broad SMARTS) is 1. The number of rotatable bonds is 4. The molecular weight excluding hydrogens is 370 g/mol. The van der Waals surface area contributed by atoms with E-state index in [0.29, 0.717) is 10.2 Å². The average molecular weight is 382 g/mol. The molecule has 0 spiro atoms. The summed E-state index contributed by atoms with van der Waals surface area (Å²) >= 11 is 4.74. The minimum absolute atomic E-state index is 0.0564. The molecule has 2 aliphatic heterocycles. The summed E-state index contributed by atoms with van der Waals surface area (Å²) in [6, 6.07) is 4.73. The number of halogens is 1. The summed E-state index contributed by atoms with van der Waals surface area (Å²) in [5.74, 6) is -1.33. The van der Waals surface area contributed by atoms with Gasteiger partial charge in [-0.05, 0) is 23.6 Å². The van der Waals surface area contributed by atoms with E-state index < -0.39 is 5.97 Å². The predicted octanol–water partition coefficient (Wildman–Crippen LogP) is 2.74. The maximum absolute atomic E-state index is 12.2. The second-order valence-corrected chi connectivity index (χ2v) is 6.52. The highest BCUT2D eigenvalue weighted by Crippen LogP contribution is 2.31. The number of nitrogens with one attached hydrogen (secondary N) is 1. The van der Waals surface area contributed by atoms with Crippen LogP contribution in [0.2, 0.25) is 0 Å². The van der Waals surface area contributed by atoms with Crippen molar-refractivity contribution < 1.29 is 14.7 Å². The van der Waals surface area contributed by atoms with E-state index in [1.807, 2.05) is 10.3 Å². The number of carbonyl (C=O) groups excluding carboxylic acids is 1. The molecule has 6 nitrogen and oxygen atoms in total. The molecule has 22 heavy (non-hydrogen) atoms. The molecule has 0 saturated carbocycles. The van der Waals surface area contributed by atoms with Crippen molar-refractivity contribution in [1.29, 1.82) is 0 Å². The molecule has 1 aromatic rings. The van der Waals surface area contributed by atoms with Crippen molar-refractivity contribution in [3.05, 3.63) is 39.3 Å². The Morgan fingerprint density at radius 2 is 2.27 bits per heavy atom. The standard InChI is InChI=1S/C14H12BrN3O3S/c15-8-1-2-11(10(5-8)13(20)21)17-12(19)6-9-7-22-14-16-3-4-18(9)14/h1-2,5,7H,3-4,6H2,(H,17,19)(H,20,21). The maximum Gasteiger partial charge on any atom is 0.337 e. The van der Waals surface area contributed by atoms with Crippen molar-refractivity contribution in [2.24, 2.45) is 4.99 Å². The highest BCUT2D eigenvalue weighted by molar-refractivity contribution is 9.10. The molecule has 0 aliphatic carbocycles. The van der Waals surface area contributed by atoms with Gasteiger partial charge in [-0.3, -0.25) is 9.79 Å². The van der Waals surface area contributed by atoms with Crippen LogP contribution < -0.4 is 5.32 Å². The van der Waals surface area contributed by atoms with E-state index in [2.05, 4.69) is 26.2 Å². The number of hydrogen-bond donors (Lipinski definition) is 2. The van der Waals surface area contributed by atoms with Crippen molar-refractivity contribution in [1.82, 2.24) is 4.90 Å². The fourth-order valence-corrected chi connectivity index (χ4v) is 3.59. The first-order chi connectivity index (χ1) is 10.5. The number of benzene rings is 1. The van der Waals surface area contributed by atoms with E-state index >= 15 is 0 Å². The van der Waals surface area contributed by atoms with E-state index in [1.54, 1.807) is 12.1 Å². The first-order valence-electron chi connectivity index (χ1n) is 6.55. The quantitative estimate of drug-likeness (QED) is 0.837. The molecule has 0 radical (unpaired) electrons. The summed E-state index contributed by atoms with van der Waals surface area (Å²) in [4.78, 5) is 29.8. The molecule has 0 saturated heterocycles. The van der Waals surface area contributed by atoms with Crippen LogP contribution in [0.3, 0.4) is 0 Å². The Morgan fingerprint density at radius 1 is 1.45 bits per heavy atom. The lowest BCUT2D eigenvalue weighted by Crippen LogP contribution is -2.24. The van der Waals surface area contributed by atoms with E-state index in [1.165, 1.54) is 17.8 Å². The SMILES string of the molecule is O=C(CC1=CSC2=NCCN12)Nc1ccc(Br)cc1C(=O)O. The summed E-state index contributed by atoms with van der Waals surface area (Å²) in [7, 11) is 0. The van der Waals surface area contributed by atoms with Gasteiger partial charge in [0.2, 0.25) is 5.91 Å². The minimum Gasteiger partial charge on any atom is -0.478 e. The molecule has 8 heteroatoms. The summed E-state index contributed by atoms with van der Waals surface area (Å²) in [6.45, 7) is 1.54. The molecule has 1 amide bonds. The Hall–Kier alpha value is -1.80. The number of amides is 1. The number of thioether (sulfide) groups is 1. The number of carbonyl (C=O) groups is 2. The smallest absolute Gasteiger partial charge is 0.337 e. The molecule has 3 rings (SSSR count). The lowest BCUT2D eigenvalue weighted by atomic mass is 10.1. The largest absolute Gasteiger partial charge is 0.478 e. The van der Waals surface area contributed by atoms with Crippen molar-refractivity contribution >= 4 is 50.4 Å². The van der Waals surface area contributed by atoms with Crippen LogP contribution in [-0.2, 0) is 4.79 Å². The number of amidine groups is 1. The first-order valence-corrected chi connectivity index (χ1v) is 8.22. The first kappa shape index (κ1) is 15.1. The molecule has 0 unspecified atom stereocenters. The topological polar surface area (TPSA) is 82.0 Å². The fourth-order valence-electron chi connectivity index (χ4n) is 2.28. The molecule has 2 heterocycles. The van der Waals surface area contributed by atoms with Crippen LogP contribution in [0.5, 0.6) is 0 Å². The van der Waals surface area contributed by atoms with E-state index in [9.17, 15) is 14.7 Å². The lowest BCUT2D eigenvalue weighted by Gasteiger charge is -2.16. The van der Waals surface area contributed by atoms with Gasteiger partial charge >= 0.3 is 5.97 Å². The molecule has 0 aromatic heterocycles. The third-order valence-corrected chi connectivity index (χ3v) is 4.72. The molecule has 1 aromatic carbocycles. The number of aliphatic imine (C=N–C) groups is 1. The second kappa shape index (κ2) is 6.13.